The molecule has 2 unspecified atom stereocenters. The van der Waals surface area contributed by atoms with Crippen LogP contribution in [0.3, 0.4) is 0 Å². The van der Waals surface area contributed by atoms with Crippen molar-refractivity contribution in [2.75, 3.05) is 38.5 Å². The maximum Gasteiger partial charge on any atom is 0.573 e. The number of hydrogen-bond acceptors (Lipinski definition) is 7. The van der Waals surface area contributed by atoms with E-state index in [1.165, 1.54) is 18.7 Å². The molecule has 37 heavy (non-hydrogen) atoms. The number of aliphatic hydroxyl groups excluding tert-OH is 1. The molecule has 2 bridgehead atoms. The fourth-order valence-corrected chi connectivity index (χ4v) is 6.52. The van der Waals surface area contributed by atoms with E-state index in [2.05, 4.69) is 31.0 Å². The Morgan fingerprint density at radius 2 is 1.89 bits per heavy atom. The van der Waals surface area contributed by atoms with Crippen LogP contribution in [-0.2, 0) is 0 Å². The summed E-state index contributed by atoms with van der Waals surface area (Å²) < 4.78 is 44.7. The lowest BCUT2D eigenvalue weighted by atomic mass is 9.75. The number of halogens is 3. The minimum absolute atomic E-state index is 0.0697. The van der Waals surface area contributed by atoms with E-state index in [1.54, 1.807) is 0 Å². The lowest BCUT2D eigenvalue weighted by molar-refractivity contribution is -0.274. The number of nitrogens with two attached hydrogens (primary N) is 1. The number of aromatic nitrogens is 3. The number of alkyl halides is 3. The molecule has 1 saturated heterocycles. The summed E-state index contributed by atoms with van der Waals surface area (Å²) in [6.45, 7) is 11.6. The van der Waals surface area contributed by atoms with Gasteiger partial charge in [0.05, 0.1) is 5.69 Å². The quantitative estimate of drug-likeness (QED) is 0.536. The van der Waals surface area contributed by atoms with Gasteiger partial charge in [0.1, 0.15) is 11.9 Å². The van der Waals surface area contributed by atoms with Gasteiger partial charge in [-0.3, -0.25) is 4.90 Å². The summed E-state index contributed by atoms with van der Waals surface area (Å²) in [6, 6.07) is 1.39. The molecular formula is C26H37F3N6O2. The zero-order valence-corrected chi connectivity index (χ0v) is 21.7. The lowest BCUT2D eigenvalue weighted by Gasteiger charge is -2.50. The van der Waals surface area contributed by atoms with Crippen molar-refractivity contribution in [1.82, 2.24) is 24.3 Å². The van der Waals surface area contributed by atoms with Crippen molar-refractivity contribution < 1.29 is 23.0 Å². The highest BCUT2D eigenvalue weighted by Crippen LogP contribution is 2.61. The highest BCUT2D eigenvalue weighted by atomic mass is 19.4. The van der Waals surface area contributed by atoms with Crippen LogP contribution in [-0.4, -0.2) is 74.1 Å². The summed E-state index contributed by atoms with van der Waals surface area (Å²) in [5.41, 5.74) is 6.61. The van der Waals surface area contributed by atoms with E-state index in [4.69, 9.17) is 10.7 Å². The third kappa shape index (κ3) is 5.05. The maximum atomic E-state index is 12.9. The maximum absolute atomic E-state index is 12.9. The van der Waals surface area contributed by atoms with Gasteiger partial charge in [-0.15, -0.1) is 13.2 Å². The average Bonchev–Trinajstić information content (AvgIpc) is 3.51. The Labute approximate surface area is 215 Å². The Kier molecular flexibility index (Phi) is 6.91. The summed E-state index contributed by atoms with van der Waals surface area (Å²) in [5, 5.41) is 11.0. The molecule has 0 aromatic carbocycles. The molecule has 2 aromatic heterocycles. The Morgan fingerprint density at radius 3 is 2.51 bits per heavy atom. The largest absolute Gasteiger partial charge is 0.573 e. The van der Waals surface area contributed by atoms with Gasteiger partial charge in [-0.05, 0) is 50.1 Å². The summed E-state index contributed by atoms with van der Waals surface area (Å²) in [5.74, 6) is 0.0538. The summed E-state index contributed by atoms with van der Waals surface area (Å²) in [7, 11) is 0. The smallest absolute Gasteiger partial charge is 0.402 e. The number of anilines is 1. The fourth-order valence-electron chi connectivity index (χ4n) is 6.52. The molecule has 3 saturated carbocycles. The first kappa shape index (κ1) is 26.2. The monoisotopic (exact) mass is 522 g/mol. The SMILES string of the molecule is CCCN1CCN(C23CC(C2)C(n2cc(-c4cnc(N)c(OC(F)(F)F)c4)nc2C(O)C(C)C)C3)CC1. The van der Waals surface area contributed by atoms with Crippen LogP contribution in [0.15, 0.2) is 18.5 Å². The molecule has 11 heteroatoms. The van der Waals surface area contributed by atoms with E-state index in [0.717, 1.165) is 52.0 Å². The third-order valence-corrected chi connectivity index (χ3v) is 8.42. The Balaban J connectivity index is 1.41. The zero-order chi connectivity index (χ0) is 26.5. The van der Waals surface area contributed by atoms with Crippen molar-refractivity contribution in [3.63, 3.8) is 0 Å². The molecule has 1 aliphatic heterocycles. The number of fused-ring (bicyclic) bond motifs is 1. The van der Waals surface area contributed by atoms with E-state index >= 15 is 0 Å². The first-order chi connectivity index (χ1) is 17.5. The van der Waals surface area contributed by atoms with E-state index in [1.807, 2.05) is 20.0 Å². The highest BCUT2D eigenvalue weighted by Gasteiger charge is 2.59. The van der Waals surface area contributed by atoms with Crippen molar-refractivity contribution in [3.8, 4) is 17.0 Å². The van der Waals surface area contributed by atoms with E-state index < -0.39 is 18.2 Å². The zero-order valence-electron chi connectivity index (χ0n) is 21.7. The van der Waals surface area contributed by atoms with Crippen molar-refractivity contribution in [1.29, 1.82) is 0 Å². The number of hydrogen-bond donors (Lipinski definition) is 2. The van der Waals surface area contributed by atoms with Gasteiger partial charge in [0, 0.05) is 55.7 Å². The molecule has 0 amide bonds. The van der Waals surface area contributed by atoms with Gasteiger partial charge in [0.15, 0.2) is 11.6 Å². The summed E-state index contributed by atoms with van der Waals surface area (Å²) in [6.07, 6.45) is 1.98. The fraction of sp³-hybridized carbons (Fsp3) is 0.692. The number of nitrogens with zero attached hydrogens (tertiary/aromatic N) is 5. The first-order valence-corrected chi connectivity index (χ1v) is 13.3. The van der Waals surface area contributed by atoms with Gasteiger partial charge in [0.25, 0.3) is 0 Å². The molecular weight excluding hydrogens is 485 g/mol. The molecule has 3 N–H and O–H groups in total. The van der Waals surface area contributed by atoms with Crippen molar-refractivity contribution in [2.45, 2.75) is 70.5 Å². The number of pyridine rings is 1. The molecule has 3 heterocycles. The van der Waals surface area contributed by atoms with E-state index in [9.17, 15) is 18.3 Å². The molecule has 4 fully saturated rings. The molecule has 0 radical (unpaired) electrons. The highest BCUT2D eigenvalue weighted by molar-refractivity contribution is 5.64. The molecule has 2 atom stereocenters. The van der Waals surface area contributed by atoms with Crippen LogP contribution in [0.5, 0.6) is 5.75 Å². The van der Waals surface area contributed by atoms with Crippen LogP contribution >= 0.6 is 0 Å². The van der Waals surface area contributed by atoms with Crippen LogP contribution in [0.25, 0.3) is 11.3 Å². The second-order valence-corrected chi connectivity index (χ2v) is 11.2. The van der Waals surface area contributed by atoms with Gasteiger partial charge < -0.3 is 25.0 Å². The predicted octanol–water partition coefficient (Wildman–Crippen LogP) is 4.24. The van der Waals surface area contributed by atoms with Crippen LogP contribution in [0.2, 0.25) is 0 Å². The van der Waals surface area contributed by atoms with Gasteiger partial charge in [-0.25, -0.2) is 9.97 Å². The summed E-state index contributed by atoms with van der Waals surface area (Å²) >= 11 is 0. The Bertz CT molecular complexity index is 1110. The normalized spacial score (nSPS) is 27.5. The van der Waals surface area contributed by atoms with E-state index in [-0.39, 0.29) is 23.3 Å². The number of aliphatic hydroxyl groups is 1. The molecule has 4 aliphatic rings. The van der Waals surface area contributed by atoms with Gasteiger partial charge >= 0.3 is 6.36 Å². The van der Waals surface area contributed by atoms with Gasteiger partial charge in [0.2, 0.25) is 0 Å². The Morgan fingerprint density at radius 1 is 1.19 bits per heavy atom. The minimum Gasteiger partial charge on any atom is -0.402 e. The van der Waals surface area contributed by atoms with Crippen LogP contribution in [0, 0.1) is 11.8 Å². The van der Waals surface area contributed by atoms with Crippen LogP contribution in [0.4, 0.5) is 19.0 Å². The number of ether oxygens (including phenoxy) is 1. The molecule has 3 aliphatic carbocycles. The van der Waals surface area contributed by atoms with Crippen LogP contribution < -0.4 is 10.5 Å². The number of imidazole rings is 1. The topological polar surface area (TPSA) is 92.7 Å². The van der Waals surface area contributed by atoms with Gasteiger partial charge in [-0.2, -0.15) is 0 Å². The molecule has 8 nitrogen and oxygen atoms in total. The Hall–Kier alpha value is -2.37. The number of rotatable bonds is 8. The second kappa shape index (κ2) is 9.74. The predicted molar refractivity (Wildman–Crippen MR) is 134 cm³/mol. The molecule has 0 spiro atoms. The minimum atomic E-state index is -4.88. The lowest BCUT2D eigenvalue weighted by Crippen LogP contribution is -2.59. The van der Waals surface area contributed by atoms with Crippen molar-refractivity contribution >= 4 is 5.82 Å². The summed E-state index contributed by atoms with van der Waals surface area (Å²) in [4.78, 5) is 13.8. The third-order valence-electron chi connectivity index (χ3n) is 8.42. The first-order valence-electron chi connectivity index (χ1n) is 13.3. The molecule has 204 valence electrons. The van der Waals surface area contributed by atoms with Gasteiger partial charge in [-0.1, -0.05) is 20.8 Å². The number of piperazine rings is 1. The molecule has 6 rings (SSSR count). The standard InChI is InChI=1S/C26H37F3N6O2/c1-4-5-33-6-8-34(9-7-33)25-11-18(12-25)20(13-25)35-15-19(32-24(35)22(36)16(2)3)17-10-21(23(30)31-14-17)37-26(27,28)29/h10,14-16,18,20,22,36H,4-9,11-13H2,1-3H3,(H2,30,31). The van der Waals surface area contributed by atoms with E-state index in [0.29, 0.717) is 23.0 Å². The van der Waals surface area contributed by atoms with Crippen molar-refractivity contribution in [3.05, 3.63) is 24.3 Å². The second-order valence-electron chi connectivity index (χ2n) is 11.2. The number of nitrogen functional groups attached to an aromatic ring is 1. The molecule has 2 aromatic rings. The van der Waals surface area contributed by atoms with Crippen molar-refractivity contribution in [2.24, 2.45) is 11.8 Å². The van der Waals surface area contributed by atoms with Crippen LogP contribution in [0.1, 0.15) is 64.4 Å². The average molecular weight is 523 g/mol.